The van der Waals surface area contributed by atoms with E-state index in [-0.39, 0.29) is 28.0 Å². The van der Waals surface area contributed by atoms with E-state index in [9.17, 15) is 70.6 Å². The second kappa shape index (κ2) is 17.2. The highest BCUT2D eigenvalue weighted by atomic mass is 16.8. The van der Waals surface area contributed by atoms with E-state index < -0.39 is 147 Å². The lowest BCUT2D eigenvalue weighted by atomic mass is 9.96. The lowest BCUT2D eigenvalue weighted by Crippen LogP contribution is -2.66. The van der Waals surface area contributed by atoms with Gasteiger partial charge in [0.15, 0.2) is 35.6 Å². The summed E-state index contributed by atoms with van der Waals surface area (Å²) in [5.41, 5.74) is -3.17. The number of rotatable bonds is 13. The van der Waals surface area contributed by atoms with Gasteiger partial charge in [0.05, 0.1) is 19.8 Å². The maximum absolute atomic E-state index is 13.1. The summed E-state index contributed by atoms with van der Waals surface area (Å²) in [5.74, 6) is -5.03. The fraction of sp³-hybridized carbons (Fsp3) is 0.514. The first kappa shape index (κ1) is 42.9. The molecule has 3 fully saturated rings. The van der Waals surface area contributed by atoms with Crippen molar-refractivity contribution in [2.24, 2.45) is 0 Å². The van der Waals surface area contributed by atoms with Crippen LogP contribution in [0.5, 0.6) is 23.0 Å². The number of esters is 1. The molecule has 0 amide bonds. The Morgan fingerprint density at radius 1 is 0.793 bits per heavy atom. The molecule has 2 aromatic carbocycles. The van der Waals surface area contributed by atoms with Gasteiger partial charge in [-0.15, -0.1) is 0 Å². The summed E-state index contributed by atoms with van der Waals surface area (Å²) in [4.78, 5) is 36.5. The monoisotopic (exact) mass is 828 g/mol. The van der Waals surface area contributed by atoms with E-state index in [1.807, 2.05) is 0 Å². The quantitative estimate of drug-likeness (QED) is 0.0445. The van der Waals surface area contributed by atoms with Gasteiger partial charge in [-0.25, -0.2) is 0 Å². The van der Waals surface area contributed by atoms with Gasteiger partial charge in [-0.2, -0.15) is 0 Å². The number of carbonyl (C=O) groups is 2. The van der Waals surface area contributed by atoms with E-state index >= 15 is 0 Å². The van der Waals surface area contributed by atoms with Crippen molar-refractivity contribution in [2.75, 3.05) is 26.4 Å². The first-order valence-corrected chi connectivity index (χ1v) is 17.4. The second-order valence-electron chi connectivity index (χ2n) is 13.7. The molecular weight excluding hydrogens is 788 g/mol. The summed E-state index contributed by atoms with van der Waals surface area (Å²) >= 11 is 0. The minimum absolute atomic E-state index is 0.130. The Kier molecular flexibility index (Phi) is 12.7. The Morgan fingerprint density at radius 3 is 2.16 bits per heavy atom. The van der Waals surface area contributed by atoms with Crippen LogP contribution in [0.2, 0.25) is 0 Å². The summed E-state index contributed by atoms with van der Waals surface area (Å²) in [5, 5.41) is 123. The molecule has 3 aliphatic heterocycles. The molecule has 0 radical (unpaired) electrons. The minimum atomic E-state index is -2.25. The van der Waals surface area contributed by atoms with Gasteiger partial charge < -0.3 is 98.9 Å². The van der Waals surface area contributed by atoms with Crippen LogP contribution in [-0.4, -0.2) is 179 Å². The zero-order valence-corrected chi connectivity index (χ0v) is 29.8. The molecule has 3 saturated heterocycles. The Balaban J connectivity index is 1.38. The van der Waals surface area contributed by atoms with Gasteiger partial charge in [-0.05, 0) is 18.2 Å². The van der Waals surface area contributed by atoms with E-state index in [0.717, 1.165) is 30.3 Å². The van der Waals surface area contributed by atoms with Gasteiger partial charge in [0.2, 0.25) is 6.29 Å². The van der Waals surface area contributed by atoms with Crippen molar-refractivity contribution in [3.8, 4) is 34.3 Å². The standard InChI is InChI=1S/C35H40O23/c36-8-20-25(45)26(46)27(47)32(55-20)57-29-21(9-51-23(44)7-22(42)43)56-33(30(28(29)48)58-34-31(49)35(50,10-37)11-52-34)53-13-4-16(40)24-17(41)6-18(54-19(24)5-13)12-1-2-14(38)15(39)3-12/h1-6,20-21,25-34,36-40,45-50H,7-11H2,(H,42,43). The predicted octanol–water partition coefficient (Wildman–Crippen LogP) is -3.93. The van der Waals surface area contributed by atoms with Crippen LogP contribution < -0.4 is 10.2 Å². The van der Waals surface area contributed by atoms with Crippen LogP contribution >= 0.6 is 0 Å². The molecule has 3 aliphatic rings. The molecule has 0 saturated carbocycles. The minimum Gasteiger partial charge on any atom is -0.507 e. The SMILES string of the molecule is O=C(O)CC(=O)OCC1OC(Oc2cc(O)c3c(=O)cc(-c4ccc(O)c(O)c4)oc3c2)C(OC2OCC(O)(CO)C2O)C(O)C1OC1OC(CO)C(O)C(O)C1O. The highest BCUT2D eigenvalue weighted by molar-refractivity contribution is 5.90. The van der Waals surface area contributed by atoms with Crippen LogP contribution in [0, 0.1) is 0 Å². The van der Waals surface area contributed by atoms with Gasteiger partial charge >= 0.3 is 11.9 Å². The van der Waals surface area contributed by atoms with Crippen LogP contribution in [0.3, 0.4) is 0 Å². The van der Waals surface area contributed by atoms with Crippen molar-refractivity contribution in [3.05, 3.63) is 46.6 Å². The van der Waals surface area contributed by atoms with Crippen molar-refractivity contribution in [1.82, 2.24) is 0 Å². The topological polar surface area (TPSA) is 372 Å². The molecule has 0 bridgehead atoms. The van der Waals surface area contributed by atoms with Crippen LogP contribution in [-0.2, 0) is 38.0 Å². The summed E-state index contributed by atoms with van der Waals surface area (Å²) in [6, 6.07) is 6.59. The third-order valence-electron chi connectivity index (χ3n) is 9.63. The van der Waals surface area contributed by atoms with E-state index in [1.165, 1.54) is 6.07 Å². The number of hydrogen-bond acceptors (Lipinski definition) is 22. The number of hydrogen-bond donors (Lipinski definition) is 12. The fourth-order valence-electron chi connectivity index (χ4n) is 6.45. The van der Waals surface area contributed by atoms with Gasteiger partial charge in [0.25, 0.3) is 0 Å². The maximum atomic E-state index is 13.1. The largest absolute Gasteiger partial charge is 0.507 e. The summed E-state index contributed by atoms with van der Waals surface area (Å²) in [6.45, 7) is -3.46. The highest BCUT2D eigenvalue weighted by Crippen LogP contribution is 2.38. The molecule has 23 heteroatoms. The number of aliphatic hydroxyl groups is 8. The molecule has 4 heterocycles. The van der Waals surface area contributed by atoms with Crippen molar-refractivity contribution in [3.63, 3.8) is 0 Å². The summed E-state index contributed by atoms with van der Waals surface area (Å²) in [7, 11) is 0. The number of aliphatic hydroxyl groups excluding tert-OH is 7. The number of carbonyl (C=O) groups excluding carboxylic acids is 1. The molecule has 12 N–H and O–H groups in total. The van der Waals surface area contributed by atoms with Crippen molar-refractivity contribution >= 4 is 22.9 Å². The molecular formula is C35H40O23. The van der Waals surface area contributed by atoms with E-state index in [0.29, 0.717) is 0 Å². The molecule has 0 spiro atoms. The Morgan fingerprint density at radius 2 is 1.50 bits per heavy atom. The average Bonchev–Trinajstić information content (AvgIpc) is 3.46. The third-order valence-corrected chi connectivity index (χ3v) is 9.63. The van der Waals surface area contributed by atoms with Crippen LogP contribution in [0.4, 0.5) is 0 Å². The summed E-state index contributed by atoms with van der Waals surface area (Å²) < 4.78 is 45.2. The fourth-order valence-corrected chi connectivity index (χ4v) is 6.45. The molecule has 318 valence electrons. The van der Waals surface area contributed by atoms with E-state index in [1.54, 1.807) is 0 Å². The Bertz CT molecular complexity index is 2020. The van der Waals surface area contributed by atoms with Gasteiger partial charge in [0.1, 0.15) is 95.7 Å². The van der Waals surface area contributed by atoms with Crippen LogP contribution in [0.15, 0.2) is 45.6 Å². The number of aliphatic carboxylic acids is 1. The van der Waals surface area contributed by atoms with Gasteiger partial charge in [0, 0.05) is 23.8 Å². The molecule has 13 unspecified atom stereocenters. The summed E-state index contributed by atoms with van der Waals surface area (Å²) in [6.07, 6.45) is -23.8. The lowest BCUT2D eigenvalue weighted by molar-refractivity contribution is -0.364. The second-order valence-corrected chi connectivity index (χ2v) is 13.7. The van der Waals surface area contributed by atoms with Crippen molar-refractivity contribution in [1.29, 1.82) is 0 Å². The number of carboxylic acids is 1. The van der Waals surface area contributed by atoms with Crippen LogP contribution in [0.1, 0.15) is 6.42 Å². The van der Waals surface area contributed by atoms with Crippen molar-refractivity contribution < 1.29 is 108 Å². The number of aromatic hydroxyl groups is 3. The molecule has 23 nitrogen and oxygen atoms in total. The Labute approximate surface area is 324 Å². The predicted molar refractivity (Wildman–Crippen MR) is 183 cm³/mol. The molecule has 0 aliphatic carbocycles. The number of benzene rings is 2. The number of phenols is 3. The van der Waals surface area contributed by atoms with Crippen LogP contribution in [0.25, 0.3) is 22.3 Å². The molecule has 58 heavy (non-hydrogen) atoms. The number of phenolic OH excluding ortho intramolecular Hbond substituents is 3. The molecule has 3 aromatic rings. The van der Waals surface area contributed by atoms with Gasteiger partial charge in [-0.1, -0.05) is 0 Å². The lowest BCUT2D eigenvalue weighted by Gasteiger charge is -2.47. The third kappa shape index (κ3) is 8.67. The zero-order chi connectivity index (χ0) is 42.2. The highest BCUT2D eigenvalue weighted by Gasteiger charge is 2.56. The number of fused-ring (bicyclic) bond motifs is 1. The first-order valence-electron chi connectivity index (χ1n) is 17.4. The zero-order valence-electron chi connectivity index (χ0n) is 29.8. The van der Waals surface area contributed by atoms with E-state index in [2.05, 4.69) is 0 Å². The molecule has 13 atom stereocenters. The number of carboxylic acid groups (broad SMARTS) is 1. The normalized spacial score (nSPS) is 33.9. The van der Waals surface area contributed by atoms with Crippen molar-refractivity contribution in [2.45, 2.75) is 85.8 Å². The molecule has 6 rings (SSSR count). The maximum Gasteiger partial charge on any atom is 0.317 e. The first-order chi connectivity index (χ1) is 27.4. The van der Waals surface area contributed by atoms with Gasteiger partial charge in [-0.3, -0.25) is 14.4 Å². The smallest absolute Gasteiger partial charge is 0.317 e. The average molecular weight is 829 g/mol. The number of ether oxygens (including phenoxy) is 7. The van der Waals surface area contributed by atoms with E-state index in [4.69, 9.17) is 42.7 Å². The molecule has 1 aromatic heterocycles. The Hall–Kier alpha value is -4.73.